The van der Waals surface area contributed by atoms with Crippen LogP contribution in [0.2, 0.25) is 0 Å². The maximum Gasteiger partial charge on any atom is 0.277 e. The van der Waals surface area contributed by atoms with E-state index in [1.165, 1.54) is 18.2 Å². The molecular weight excluding hydrogens is 467 g/mol. The van der Waals surface area contributed by atoms with E-state index in [1.54, 1.807) is 12.1 Å². The lowest BCUT2D eigenvalue weighted by atomic mass is 9.70. The highest BCUT2D eigenvalue weighted by molar-refractivity contribution is 7.87. The third-order valence-electron chi connectivity index (χ3n) is 6.99. The van der Waals surface area contributed by atoms with Gasteiger partial charge in [-0.05, 0) is 85.4 Å². The molecule has 2 fully saturated rings. The molecule has 182 valence electrons. The fraction of sp³-hybridized carbons (Fsp3) is 0.417. The maximum atomic E-state index is 14.5. The molecule has 0 spiro atoms. The third kappa shape index (κ3) is 4.59. The van der Waals surface area contributed by atoms with Crippen molar-refractivity contribution in [1.29, 1.82) is 0 Å². The Morgan fingerprint density at radius 1 is 1.03 bits per heavy atom. The number of aliphatic hydroxyl groups excluding tert-OH is 1. The van der Waals surface area contributed by atoms with Gasteiger partial charge in [-0.3, -0.25) is 0 Å². The molecule has 0 bridgehead atoms. The molecule has 0 saturated heterocycles. The summed E-state index contributed by atoms with van der Waals surface area (Å²) < 4.78 is 71.8. The summed E-state index contributed by atoms with van der Waals surface area (Å²) in [5.41, 5.74) is 2.22. The Kier molecular flexibility index (Phi) is 6.18. The van der Waals surface area contributed by atoms with Gasteiger partial charge in [-0.2, -0.15) is 13.1 Å². The van der Waals surface area contributed by atoms with E-state index in [2.05, 4.69) is 14.4 Å². The normalized spacial score (nSPS) is 25.1. The van der Waals surface area contributed by atoms with Gasteiger partial charge in [-0.25, -0.2) is 17.9 Å². The quantitative estimate of drug-likeness (QED) is 0.400. The SMILES string of the molecule is O=S(=O)(NCC1CC(c2c(-c3ccc(F)cc3)[nH]c3c(F)cc(F)cc23)C1)N[C@@H]1CCC[C@H]1O. The van der Waals surface area contributed by atoms with Crippen LogP contribution in [-0.4, -0.2) is 37.2 Å². The Bertz CT molecular complexity index is 1300. The predicted molar refractivity (Wildman–Crippen MR) is 123 cm³/mol. The molecule has 3 aromatic rings. The molecule has 34 heavy (non-hydrogen) atoms. The maximum absolute atomic E-state index is 14.5. The Morgan fingerprint density at radius 2 is 1.76 bits per heavy atom. The van der Waals surface area contributed by atoms with Crippen LogP contribution in [0.4, 0.5) is 13.2 Å². The lowest BCUT2D eigenvalue weighted by Gasteiger charge is -2.36. The minimum absolute atomic E-state index is 0.0332. The van der Waals surface area contributed by atoms with Crippen LogP contribution in [-0.2, 0) is 10.2 Å². The van der Waals surface area contributed by atoms with Gasteiger partial charge in [0.25, 0.3) is 10.2 Å². The molecule has 1 aromatic heterocycles. The van der Waals surface area contributed by atoms with Crippen molar-refractivity contribution in [3.63, 3.8) is 0 Å². The molecular formula is C24H26F3N3O3S. The van der Waals surface area contributed by atoms with E-state index in [0.29, 0.717) is 42.3 Å². The summed E-state index contributed by atoms with van der Waals surface area (Å²) in [6.45, 7) is 0.228. The highest BCUT2D eigenvalue weighted by atomic mass is 32.2. The molecule has 2 aromatic carbocycles. The topological polar surface area (TPSA) is 94.2 Å². The Morgan fingerprint density at radius 3 is 2.44 bits per heavy atom. The van der Waals surface area contributed by atoms with Crippen molar-refractivity contribution in [3.8, 4) is 11.3 Å². The molecule has 2 atom stereocenters. The summed E-state index contributed by atoms with van der Waals surface area (Å²) >= 11 is 0. The second-order valence-corrected chi connectivity index (χ2v) is 10.9. The van der Waals surface area contributed by atoms with Crippen molar-refractivity contribution < 1.29 is 26.7 Å². The van der Waals surface area contributed by atoms with E-state index in [4.69, 9.17) is 0 Å². The van der Waals surface area contributed by atoms with E-state index in [1.807, 2.05) is 0 Å². The lowest BCUT2D eigenvalue weighted by Crippen LogP contribution is -2.47. The van der Waals surface area contributed by atoms with E-state index in [0.717, 1.165) is 18.1 Å². The molecule has 1 heterocycles. The standard InChI is InChI=1S/C24H26F3N3O3S/c25-16-6-4-14(5-7-16)23-22(18-10-17(26)11-19(27)24(18)29-23)15-8-13(9-15)12-28-34(32,33)30-20-2-1-3-21(20)31/h4-7,10-11,13,15,20-21,28-31H,1-3,8-9,12H2/t13?,15?,20-,21-/m1/s1. The van der Waals surface area contributed by atoms with Crippen molar-refractivity contribution in [2.45, 2.75) is 50.2 Å². The number of aromatic amines is 1. The first-order valence-electron chi connectivity index (χ1n) is 11.4. The second kappa shape index (κ2) is 8.99. The largest absolute Gasteiger partial charge is 0.391 e. The first kappa shape index (κ1) is 23.3. The van der Waals surface area contributed by atoms with E-state index < -0.39 is 39.8 Å². The Hall–Kier alpha value is -2.40. The fourth-order valence-corrected chi connectivity index (χ4v) is 6.40. The lowest BCUT2D eigenvalue weighted by molar-refractivity contribution is 0.158. The molecule has 6 nitrogen and oxygen atoms in total. The number of halogens is 3. The number of H-pyrrole nitrogens is 1. The molecule has 0 radical (unpaired) electrons. The first-order chi connectivity index (χ1) is 16.2. The number of aromatic nitrogens is 1. The van der Waals surface area contributed by atoms with Crippen LogP contribution in [0.25, 0.3) is 22.2 Å². The molecule has 2 aliphatic rings. The van der Waals surface area contributed by atoms with Crippen LogP contribution < -0.4 is 9.44 Å². The fourth-order valence-electron chi connectivity index (χ4n) is 5.19. The van der Waals surface area contributed by atoms with Crippen LogP contribution in [0.3, 0.4) is 0 Å². The highest BCUT2D eigenvalue weighted by Gasteiger charge is 2.36. The van der Waals surface area contributed by atoms with Gasteiger partial charge in [0.05, 0.1) is 17.3 Å². The predicted octanol–water partition coefficient (Wildman–Crippen LogP) is 4.08. The Balaban J connectivity index is 1.33. The van der Waals surface area contributed by atoms with Crippen LogP contribution in [0, 0.1) is 23.4 Å². The monoisotopic (exact) mass is 493 g/mol. The molecule has 2 saturated carbocycles. The van der Waals surface area contributed by atoms with E-state index in [9.17, 15) is 26.7 Å². The zero-order valence-corrected chi connectivity index (χ0v) is 19.1. The number of hydrogen-bond donors (Lipinski definition) is 4. The molecule has 0 aliphatic heterocycles. The van der Waals surface area contributed by atoms with Crippen molar-refractivity contribution in [1.82, 2.24) is 14.4 Å². The van der Waals surface area contributed by atoms with Crippen LogP contribution >= 0.6 is 0 Å². The summed E-state index contributed by atoms with van der Waals surface area (Å²) in [6, 6.07) is 7.45. The van der Waals surface area contributed by atoms with Crippen molar-refractivity contribution in [2.75, 3.05) is 6.54 Å². The first-order valence-corrected chi connectivity index (χ1v) is 12.9. The van der Waals surface area contributed by atoms with Crippen LogP contribution in [0.15, 0.2) is 36.4 Å². The minimum Gasteiger partial charge on any atom is -0.391 e. The number of fused-ring (bicyclic) bond motifs is 1. The molecule has 5 rings (SSSR count). The third-order valence-corrected chi connectivity index (χ3v) is 8.15. The smallest absolute Gasteiger partial charge is 0.277 e. The molecule has 4 N–H and O–H groups in total. The summed E-state index contributed by atoms with van der Waals surface area (Å²) in [7, 11) is -3.74. The summed E-state index contributed by atoms with van der Waals surface area (Å²) in [5, 5.41) is 10.3. The van der Waals surface area contributed by atoms with Crippen molar-refractivity contribution >= 4 is 21.1 Å². The average molecular weight is 494 g/mol. The second-order valence-electron chi connectivity index (χ2n) is 9.34. The number of rotatable bonds is 7. The number of hydrogen-bond acceptors (Lipinski definition) is 3. The van der Waals surface area contributed by atoms with Gasteiger partial charge < -0.3 is 10.1 Å². The zero-order chi connectivity index (χ0) is 24.0. The minimum atomic E-state index is -3.74. The molecule has 2 aliphatic carbocycles. The zero-order valence-electron chi connectivity index (χ0n) is 18.3. The molecule has 0 unspecified atom stereocenters. The number of benzene rings is 2. The van der Waals surface area contributed by atoms with Crippen molar-refractivity contribution in [2.24, 2.45) is 5.92 Å². The van der Waals surface area contributed by atoms with E-state index in [-0.39, 0.29) is 23.9 Å². The van der Waals surface area contributed by atoms with Gasteiger partial charge in [0.15, 0.2) is 0 Å². The van der Waals surface area contributed by atoms with Gasteiger partial charge in [-0.15, -0.1) is 0 Å². The highest BCUT2D eigenvalue weighted by Crippen LogP contribution is 2.48. The molecule has 10 heteroatoms. The van der Waals surface area contributed by atoms with Crippen LogP contribution in [0.1, 0.15) is 43.6 Å². The van der Waals surface area contributed by atoms with Gasteiger partial charge in [0, 0.05) is 24.0 Å². The summed E-state index contributed by atoms with van der Waals surface area (Å²) in [4.78, 5) is 3.05. The average Bonchev–Trinajstić information content (AvgIpc) is 3.31. The van der Waals surface area contributed by atoms with Gasteiger partial charge >= 0.3 is 0 Å². The van der Waals surface area contributed by atoms with Crippen LogP contribution in [0.5, 0.6) is 0 Å². The summed E-state index contributed by atoms with van der Waals surface area (Å²) in [6.07, 6.45) is 2.56. The van der Waals surface area contributed by atoms with Gasteiger partial charge in [0.2, 0.25) is 0 Å². The molecule has 0 amide bonds. The Labute approximate surface area is 195 Å². The van der Waals surface area contributed by atoms with Gasteiger partial charge in [-0.1, -0.05) is 0 Å². The van der Waals surface area contributed by atoms with E-state index >= 15 is 0 Å². The van der Waals surface area contributed by atoms with Crippen molar-refractivity contribution in [3.05, 3.63) is 59.4 Å². The van der Waals surface area contributed by atoms with Gasteiger partial charge in [0.1, 0.15) is 17.5 Å². The summed E-state index contributed by atoms with van der Waals surface area (Å²) in [5.74, 6) is -1.75. The number of aliphatic hydroxyl groups is 1. The number of nitrogens with one attached hydrogen (secondary N) is 3.